The van der Waals surface area contributed by atoms with E-state index in [4.69, 9.17) is 21.7 Å². The fraction of sp³-hybridized carbons (Fsp3) is 0.600. The first kappa shape index (κ1) is 24.7. The van der Waals surface area contributed by atoms with Gasteiger partial charge in [0.2, 0.25) is 11.8 Å². The van der Waals surface area contributed by atoms with Crippen LogP contribution in [0.15, 0.2) is 0 Å². The molecular formula is C10H26N6O6+2. The van der Waals surface area contributed by atoms with Crippen molar-refractivity contribution in [2.45, 2.75) is 0 Å². The van der Waals surface area contributed by atoms with E-state index in [9.17, 15) is 19.2 Å². The van der Waals surface area contributed by atoms with E-state index in [1.54, 1.807) is 0 Å². The topological polar surface area (TPSA) is 240 Å². The van der Waals surface area contributed by atoms with Gasteiger partial charge in [-0.25, -0.2) is 0 Å². The Morgan fingerprint density at radius 1 is 0.682 bits per heavy atom. The summed E-state index contributed by atoms with van der Waals surface area (Å²) >= 11 is 0. The van der Waals surface area contributed by atoms with Crippen molar-refractivity contribution < 1.29 is 29.4 Å². The van der Waals surface area contributed by atoms with Crippen LogP contribution in [-0.2, 0) is 19.2 Å². The largest absolute Gasteiger partial charge is 0.480 e. The minimum absolute atomic E-state index is 0. The Hall–Kier alpha value is -2.28. The Balaban J connectivity index is -0.00000180. The molecule has 0 aromatic heterocycles. The maximum atomic E-state index is 10.8. The second-order valence-corrected chi connectivity index (χ2v) is 4.14. The number of carboxylic acid groups (broad SMARTS) is 2. The van der Waals surface area contributed by atoms with Crippen LogP contribution in [0, 0.1) is 0 Å². The summed E-state index contributed by atoms with van der Waals surface area (Å²) in [7, 11) is 0. The number of hydrogen-bond acceptors (Lipinski definition) is 6. The fourth-order valence-corrected chi connectivity index (χ4v) is 1.53. The first-order chi connectivity index (χ1) is 9.20. The molecule has 0 bridgehead atoms. The molecular weight excluding hydrogens is 300 g/mol. The van der Waals surface area contributed by atoms with E-state index in [2.05, 4.69) is 0 Å². The van der Waals surface area contributed by atoms with Crippen LogP contribution in [0.2, 0.25) is 0 Å². The Morgan fingerprint density at radius 2 is 0.955 bits per heavy atom. The molecule has 0 fully saturated rings. The number of nitrogens with two attached hydrogens (primary N) is 2. The Morgan fingerprint density at radius 3 is 1.18 bits per heavy atom. The van der Waals surface area contributed by atoms with Crippen LogP contribution in [0.25, 0.3) is 0 Å². The summed E-state index contributed by atoms with van der Waals surface area (Å²) in [6.07, 6.45) is 0. The molecule has 130 valence electrons. The Kier molecular flexibility index (Phi) is 14.0. The first-order valence-corrected chi connectivity index (χ1v) is 5.65. The molecule has 0 aliphatic rings. The Labute approximate surface area is 127 Å². The second kappa shape index (κ2) is 12.5. The number of carbonyl (C=O) groups is 4. The molecule has 0 aromatic carbocycles. The normalized spacial score (nSPS) is 9.73. The van der Waals surface area contributed by atoms with E-state index in [1.165, 1.54) is 4.90 Å². The average molecular weight is 326 g/mol. The molecule has 0 aromatic rings. The van der Waals surface area contributed by atoms with Crippen LogP contribution in [-0.4, -0.2) is 83.0 Å². The summed E-state index contributed by atoms with van der Waals surface area (Å²) in [4.78, 5) is 45.3. The summed E-state index contributed by atoms with van der Waals surface area (Å²) in [5, 5.41) is 17.3. The third kappa shape index (κ3) is 14.1. The number of nitrogens with zero attached hydrogens (tertiary/aromatic N) is 2. The number of primary amides is 2. The molecule has 14 N–H and O–H groups in total. The van der Waals surface area contributed by atoms with Crippen molar-refractivity contribution >= 4 is 23.8 Å². The number of carbonyl (C=O) groups excluding carboxylic acids is 2. The molecule has 0 radical (unpaired) electrons. The maximum absolute atomic E-state index is 10.8. The summed E-state index contributed by atoms with van der Waals surface area (Å²) < 4.78 is 0. The third-order valence-corrected chi connectivity index (χ3v) is 2.21. The fourth-order valence-electron chi connectivity index (χ4n) is 1.53. The number of amides is 2. The SMILES string of the molecule is NC(=O)CN(CCN(CC(=O)O)CC(=O)O)CC(N)=O.[NH4+].[NH4+]. The molecule has 0 atom stereocenters. The van der Waals surface area contributed by atoms with Crippen LogP contribution >= 0.6 is 0 Å². The highest BCUT2D eigenvalue weighted by Gasteiger charge is 2.17. The molecule has 22 heavy (non-hydrogen) atoms. The van der Waals surface area contributed by atoms with Crippen LogP contribution in [0.3, 0.4) is 0 Å². The second-order valence-electron chi connectivity index (χ2n) is 4.14. The van der Waals surface area contributed by atoms with Crippen molar-refractivity contribution in [1.82, 2.24) is 22.1 Å². The monoisotopic (exact) mass is 326 g/mol. The first-order valence-electron chi connectivity index (χ1n) is 5.65. The molecule has 0 unspecified atom stereocenters. The lowest BCUT2D eigenvalue weighted by atomic mass is 10.3. The molecule has 0 saturated heterocycles. The molecule has 0 aliphatic heterocycles. The van der Waals surface area contributed by atoms with E-state index in [-0.39, 0.29) is 38.5 Å². The highest BCUT2D eigenvalue weighted by molar-refractivity contribution is 5.79. The average Bonchev–Trinajstić information content (AvgIpc) is 2.22. The zero-order valence-corrected chi connectivity index (χ0v) is 12.8. The van der Waals surface area contributed by atoms with Crippen molar-refractivity contribution in [3.05, 3.63) is 0 Å². The van der Waals surface area contributed by atoms with Gasteiger partial charge in [-0.1, -0.05) is 0 Å². The van der Waals surface area contributed by atoms with E-state index in [0.717, 1.165) is 4.90 Å². The van der Waals surface area contributed by atoms with Crippen LogP contribution in [0.1, 0.15) is 0 Å². The lowest BCUT2D eigenvalue weighted by Gasteiger charge is -2.23. The van der Waals surface area contributed by atoms with Crippen LogP contribution in [0.5, 0.6) is 0 Å². The number of carboxylic acids is 2. The smallest absolute Gasteiger partial charge is 0.317 e. The number of rotatable bonds is 11. The predicted octanol–water partition coefficient (Wildman–Crippen LogP) is -2.52. The summed E-state index contributed by atoms with van der Waals surface area (Å²) in [5.41, 5.74) is 10.0. The predicted molar refractivity (Wildman–Crippen MR) is 78.5 cm³/mol. The van der Waals surface area contributed by atoms with Gasteiger partial charge in [0.15, 0.2) is 0 Å². The minimum Gasteiger partial charge on any atom is -0.480 e. The minimum atomic E-state index is -1.18. The quantitative estimate of drug-likeness (QED) is 0.236. The van der Waals surface area contributed by atoms with Gasteiger partial charge in [-0.2, -0.15) is 0 Å². The summed E-state index contributed by atoms with van der Waals surface area (Å²) in [6.45, 7) is -1.25. The van der Waals surface area contributed by atoms with E-state index in [1.807, 2.05) is 0 Å². The van der Waals surface area contributed by atoms with Gasteiger partial charge in [0, 0.05) is 13.1 Å². The highest BCUT2D eigenvalue weighted by atomic mass is 16.4. The molecule has 0 heterocycles. The van der Waals surface area contributed by atoms with Crippen LogP contribution in [0.4, 0.5) is 0 Å². The number of aliphatic carboxylic acids is 2. The zero-order valence-electron chi connectivity index (χ0n) is 12.8. The van der Waals surface area contributed by atoms with E-state index < -0.39 is 36.8 Å². The Bertz CT molecular complexity index is 322. The molecule has 0 aliphatic carbocycles. The van der Waals surface area contributed by atoms with Crippen molar-refractivity contribution in [2.24, 2.45) is 11.5 Å². The van der Waals surface area contributed by atoms with Crippen LogP contribution < -0.4 is 23.8 Å². The highest BCUT2D eigenvalue weighted by Crippen LogP contribution is 1.93. The van der Waals surface area contributed by atoms with Gasteiger partial charge in [-0.3, -0.25) is 29.0 Å². The van der Waals surface area contributed by atoms with Gasteiger partial charge in [-0.05, 0) is 0 Å². The number of hydrogen-bond donors (Lipinski definition) is 6. The van der Waals surface area contributed by atoms with Crippen molar-refractivity contribution in [3.63, 3.8) is 0 Å². The van der Waals surface area contributed by atoms with Crippen molar-refractivity contribution in [3.8, 4) is 0 Å². The lowest BCUT2D eigenvalue weighted by molar-refractivity contribution is -0.142. The summed E-state index contributed by atoms with van der Waals surface area (Å²) in [6, 6.07) is 0. The zero-order chi connectivity index (χ0) is 15.7. The molecule has 0 spiro atoms. The van der Waals surface area contributed by atoms with Gasteiger partial charge in [0.1, 0.15) is 0 Å². The van der Waals surface area contributed by atoms with Gasteiger partial charge in [0.25, 0.3) is 0 Å². The number of quaternary nitrogens is 2. The van der Waals surface area contributed by atoms with E-state index >= 15 is 0 Å². The molecule has 0 rings (SSSR count). The molecule has 12 heteroatoms. The molecule has 2 amide bonds. The van der Waals surface area contributed by atoms with Crippen molar-refractivity contribution in [1.29, 1.82) is 0 Å². The molecule has 0 saturated carbocycles. The van der Waals surface area contributed by atoms with E-state index in [0.29, 0.717) is 0 Å². The van der Waals surface area contributed by atoms with Gasteiger partial charge < -0.3 is 34.0 Å². The maximum Gasteiger partial charge on any atom is 0.317 e. The standard InChI is InChI=1S/C10H18N4O6.2H3N/c11-7(15)3-13(4-8(12)16)1-2-14(5-9(17)18)6-10(19)20;;/h1-6H2,(H2,11,15)(H2,12,16)(H,17,18)(H,19,20);2*1H3/p+2. The summed E-state index contributed by atoms with van der Waals surface area (Å²) in [5.74, 6) is -3.70. The van der Waals surface area contributed by atoms with Gasteiger partial charge in [-0.15, -0.1) is 0 Å². The third-order valence-electron chi connectivity index (χ3n) is 2.21. The van der Waals surface area contributed by atoms with Gasteiger partial charge in [0.05, 0.1) is 26.2 Å². The van der Waals surface area contributed by atoms with Crippen molar-refractivity contribution in [2.75, 3.05) is 39.3 Å². The molecule has 12 nitrogen and oxygen atoms in total. The van der Waals surface area contributed by atoms with Gasteiger partial charge >= 0.3 is 11.9 Å². The lowest BCUT2D eigenvalue weighted by Crippen LogP contribution is -2.45.